The van der Waals surface area contributed by atoms with E-state index in [2.05, 4.69) is 15.9 Å². The molecule has 3 nitrogen and oxygen atoms in total. The van der Waals surface area contributed by atoms with E-state index < -0.39 is 10.7 Å². The first-order valence-electron chi connectivity index (χ1n) is 6.60. The maximum Gasteiger partial charge on any atom is 0.272 e. The number of halogens is 2. The molecule has 0 aliphatic heterocycles. The van der Waals surface area contributed by atoms with Crippen LogP contribution in [-0.2, 0) is 6.42 Å². The first-order valence-corrected chi connectivity index (χ1v) is 7.52. The highest BCUT2D eigenvalue weighted by molar-refractivity contribution is 9.09. The van der Waals surface area contributed by atoms with Crippen LogP contribution in [0.25, 0.3) is 0 Å². The first-order chi connectivity index (χ1) is 9.97. The van der Waals surface area contributed by atoms with E-state index in [0.717, 1.165) is 11.6 Å². The molecule has 2 atom stereocenters. The maximum absolute atomic E-state index is 13.4. The molecule has 0 fully saturated rings. The van der Waals surface area contributed by atoms with Gasteiger partial charge in [0.2, 0.25) is 0 Å². The summed E-state index contributed by atoms with van der Waals surface area (Å²) in [6.45, 7) is 2.03. The third-order valence-electron chi connectivity index (χ3n) is 3.33. The molecule has 0 N–H and O–H groups in total. The van der Waals surface area contributed by atoms with Gasteiger partial charge in [0.25, 0.3) is 5.69 Å². The smallest absolute Gasteiger partial charge is 0.258 e. The Morgan fingerprint density at radius 2 is 1.90 bits per heavy atom. The average molecular weight is 352 g/mol. The number of alkyl halides is 1. The maximum atomic E-state index is 13.4. The van der Waals surface area contributed by atoms with Crippen LogP contribution >= 0.6 is 15.9 Å². The Hall–Kier alpha value is -1.75. The van der Waals surface area contributed by atoms with Gasteiger partial charge >= 0.3 is 0 Å². The van der Waals surface area contributed by atoms with Crippen LogP contribution in [0.1, 0.15) is 22.9 Å². The largest absolute Gasteiger partial charge is 0.272 e. The van der Waals surface area contributed by atoms with E-state index in [9.17, 15) is 14.5 Å². The van der Waals surface area contributed by atoms with Gasteiger partial charge in [0, 0.05) is 10.9 Å². The second kappa shape index (κ2) is 6.80. The predicted molar refractivity (Wildman–Crippen MR) is 84.0 cm³/mol. The second-order valence-corrected chi connectivity index (χ2v) is 6.06. The van der Waals surface area contributed by atoms with Gasteiger partial charge in [-0.15, -0.1) is 0 Å². The molecule has 5 heteroatoms. The second-order valence-electron chi connectivity index (χ2n) is 5.07. The lowest BCUT2D eigenvalue weighted by atomic mass is 9.94. The molecule has 0 saturated carbocycles. The number of non-ortho nitro benzene ring substituents is 1. The number of nitro benzene ring substituents is 1. The standard InChI is InChI=1S/C16H15BrFNO2/c1-11(16(17)13-5-3-2-4-6-13)7-12-8-14(18)10-15(9-12)19(20)21/h2-6,8-11,16H,7H2,1H3. The lowest BCUT2D eigenvalue weighted by Gasteiger charge is -2.18. The molecule has 0 aliphatic rings. The molecule has 0 aromatic heterocycles. The molecule has 0 heterocycles. The normalized spacial score (nSPS) is 13.7. The van der Waals surface area contributed by atoms with Gasteiger partial charge < -0.3 is 0 Å². The molecule has 2 aromatic rings. The number of hydrogen-bond donors (Lipinski definition) is 0. The molecular weight excluding hydrogens is 337 g/mol. The van der Waals surface area contributed by atoms with E-state index in [1.807, 2.05) is 37.3 Å². The predicted octanol–water partition coefficient (Wildman–Crippen LogP) is 5.05. The number of nitrogens with zero attached hydrogens (tertiary/aromatic N) is 1. The highest BCUT2D eigenvalue weighted by Crippen LogP contribution is 2.33. The summed E-state index contributed by atoms with van der Waals surface area (Å²) in [7, 11) is 0. The van der Waals surface area contributed by atoms with Gasteiger partial charge in [0.1, 0.15) is 5.82 Å². The summed E-state index contributed by atoms with van der Waals surface area (Å²) in [5.41, 5.74) is 1.56. The van der Waals surface area contributed by atoms with Crippen LogP contribution < -0.4 is 0 Å². The fraction of sp³-hybridized carbons (Fsp3) is 0.250. The van der Waals surface area contributed by atoms with Crippen molar-refractivity contribution in [1.29, 1.82) is 0 Å². The molecule has 2 rings (SSSR count). The van der Waals surface area contributed by atoms with Gasteiger partial charge in [-0.05, 0) is 29.5 Å². The summed E-state index contributed by atoms with van der Waals surface area (Å²) in [6, 6.07) is 13.6. The molecule has 2 unspecified atom stereocenters. The van der Waals surface area contributed by atoms with Crippen molar-refractivity contribution in [1.82, 2.24) is 0 Å². The third-order valence-corrected chi connectivity index (χ3v) is 4.76. The molecule has 110 valence electrons. The van der Waals surface area contributed by atoms with Gasteiger partial charge in [0.05, 0.1) is 11.0 Å². The molecule has 0 spiro atoms. The van der Waals surface area contributed by atoms with Crippen molar-refractivity contribution < 1.29 is 9.31 Å². The lowest BCUT2D eigenvalue weighted by molar-refractivity contribution is -0.385. The average Bonchev–Trinajstić information content (AvgIpc) is 2.46. The van der Waals surface area contributed by atoms with E-state index in [-0.39, 0.29) is 16.4 Å². The molecule has 0 amide bonds. The number of nitro groups is 1. The van der Waals surface area contributed by atoms with Gasteiger partial charge in [-0.1, -0.05) is 53.2 Å². The SMILES string of the molecule is CC(Cc1cc(F)cc([N+](=O)[O-])c1)C(Br)c1ccccc1. The molecule has 2 aromatic carbocycles. The molecule has 21 heavy (non-hydrogen) atoms. The van der Waals surface area contributed by atoms with Crippen LogP contribution in [0.3, 0.4) is 0 Å². The Bertz CT molecular complexity index is 633. The number of benzene rings is 2. The van der Waals surface area contributed by atoms with Gasteiger partial charge in [-0.25, -0.2) is 4.39 Å². The minimum Gasteiger partial charge on any atom is -0.258 e. The number of hydrogen-bond acceptors (Lipinski definition) is 2. The summed E-state index contributed by atoms with van der Waals surface area (Å²) in [4.78, 5) is 10.3. The Balaban J connectivity index is 2.16. The summed E-state index contributed by atoms with van der Waals surface area (Å²) in [6.07, 6.45) is 0.559. The third kappa shape index (κ3) is 4.11. The van der Waals surface area contributed by atoms with Crippen molar-refractivity contribution in [3.63, 3.8) is 0 Å². The van der Waals surface area contributed by atoms with Crippen LogP contribution in [0.2, 0.25) is 0 Å². The van der Waals surface area contributed by atoms with Gasteiger partial charge in [-0.2, -0.15) is 0 Å². The highest BCUT2D eigenvalue weighted by Gasteiger charge is 2.18. The minimum absolute atomic E-state index is 0.112. The first kappa shape index (κ1) is 15.6. The molecule has 0 aliphatic carbocycles. The summed E-state index contributed by atoms with van der Waals surface area (Å²) in [5, 5.41) is 10.8. The van der Waals surface area contributed by atoms with Crippen LogP contribution in [-0.4, -0.2) is 4.92 Å². The quantitative estimate of drug-likeness (QED) is 0.429. The van der Waals surface area contributed by atoms with E-state index in [1.165, 1.54) is 12.1 Å². The zero-order valence-electron chi connectivity index (χ0n) is 11.5. The van der Waals surface area contributed by atoms with Crippen molar-refractivity contribution in [2.45, 2.75) is 18.2 Å². The Morgan fingerprint density at radius 3 is 2.52 bits per heavy atom. The molecule has 0 bridgehead atoms. The van der Waals surface area contributed by atoms with Crippen molar-refractivity contribution in [3.05, 3.63) is 75.6 Å². The van der Waals surface area contributed by atoms with E-state index in [0.29, 0.717) is 12.0 Å². The Morgan fingerprint density at radius 1 is 1.24 bits per heavy atom. The van der Waals surface area contributed by atoms with Crippen LogP contribution in [0.15, 0.2) is 48.5 Å². The lowest BCUT2D eigenvalue weighted by Crippen LogP contribution is -2.07. The molecule has 0 saturated heterocycles. The highest BCUT2D eigenvalue weighted by atomic mass is 79.9. The zero-order chi connectivity index (χ0) is 15.4. The topological polar surface area (TPSA) is 43.1 Å². The van der Waals surface area contributed by atoms with Crippen LogP contribution in [0, 0.1) is 21.8 Å². The monoisotopic (exact) mass is 351 g/mol. The van der Waals surface area contributed by atoms with Gasteiger partial charge in [0.15, 0.2) is 0 Å². The molecular formula is C16H15BrFNO2. The van der Waals surface area contributed by atoms with Crippen molar-refractivity contribution >= 4 is 21.6 Å². The zero-order valence-corrected chi connectivity index (χ0v) is 13.1. The van der Waals surface area contributed by atoms with E-state index in [1.54, 1.807) is 0 Å². The Kier molecular flexibility index (Phi) is 5.07. The molecule has 0 radical (unpaired) electrons. The van der Waals surface area contributed by atoms with Crippen molar-refractivity contribution in [3.8, 4) is 0 Å². The van der Waals surface area contributed by atoms with Crippen molar-refractivity contribution in [2.75, 3.05) is 0 Å². The summed E-state index contributed by atoms with van der Waals surface area (Å²) >= 11 is 3.65. The van der Waals surface area contributed by atoms with E-state index in [4.69, 9.17) is 0 Å². The van der Waals surface area contributed by atoms with Crippen LogP contribution in [0.4, 0.5) is 10.1 Å². The minimum atomic E-state index is -0.572. The van der Waals surface area contributed by atoms with Crippen LogP contribution in [0.5, 0.6) is 0 Å². The fourth-order valence-electron chi connectivity index (χ4n) is 2.30. The fourth-order valence-corrected chi connectivity index (χ4v) is 2.79. The summed E-state index contributed by atoms with van der Waals surface area (Å²) in [5.74, 6) is -0.397. The number of rotatable bonds is 5. The van der Waals surface area contributed by atoms with Crippen molar-refractivity contribution in [2.24, 2.45) is 5.92 Å². The van der Waals surface area contributed by atoms with Gasteiger partial charge in [-0.3, -0.25) is 10.1 Å². The Labute approximate surface area is 131 Å². The summed E-state index contributed by atoms with van der Waals surface area (Å²) < 4.78 is 13.4. The van der Waals surface area contributed by atoms with E-state index >= 15 is 0 Å².